The number of fused-ring (bicyclic) bond motifs is 1. The highest BCUT2D eigenvalue weighted by Gasteiger charge is 2.11. The average Bonchev–Trinajstić information content (AvgIpc) is 3.14. The number of benzene rings is 1. The Morgan fingerprint density at radius 3 is 2.50 bits per heavy atom. The van der Waals surface area contributed by atoms with Crippen LogP contribution in [0.25, 0.3) is 33.3 Å². The summed E-state index contributed by atoms with van der Waals surface area (Å²) in [5.74, 6) is -1.22. The van der Waals surface area contributed by atoms with Gasteiger partial charge in [-0.05, 0) is 29.8 Å². The second kappa shape index (κ2) is 4.80. The molecule has 3 aromatic heterocycles. The lowest BCUT2D eigenvalue weighted by atomic mass is 10.0. The van der Waals surface area contributed by atoms with Crippen molar-refractivity contribution >= 4 is 11.0 Å². The molecule has 4 rings (SSSR count). The molecule has 0 radical (unpaired) electrons. The molecule has 0 fully saturated rings. The molecule has 5 heteroatoms. The fourth-order valence-electron chi connectivity index (χ4n) is 2.54. The lowest BCUT2D eigenvalue weighted by Gasteiger charge is -2.03. The maximum atomic E-state index is 13.4. The van der Waals surface area contributed by atoms with E-state index in [4.69, 9.17) is 4.42 Å². The van der Waals surface area contributed by atoms with Crippen molar-refractivity contribution in [1.82, 2.24) is 9.97 Å². The van der Waals surface area contributed by atoms with Crippen molar-refractivity contribution in [3.05, 3.63) is 66.9 Å². The molecular formula is C17H10F2N2O. The number of aromatic nitrogens is 2. The maximum Gasteiger partial charge on any atom is 0.137 e. The SMILES string of the molecule is Fc1cc(F)cc(-c2cnc3[nH]cc(-c4ccoc4)c3c2)c1. The molecule has 0 bridgehead atoms. The van der Waals surface area contributed by atoms with Crippen LogP contribution in [0, 0.1) is 11.6 Å². The van der Waals surface area contributed by atoms with E-state index in [2.05, 4.69) is 9.97 Å². The van der Waals surface area contributed by atoms with Crippen LogP contribution in [0.4, 0.5) is 8.78 Å². The highest BCUT2D eigenvalue weighted by atomic mass is 19.1. The molecule has 3 nitrogen and oxygen atoms in total. The normalized spacial score (nSPS) is 11.2. The number of furan rings is 1. The van der Waals surface area contributed by atoms with Crippen molar-refractivity contribution in [3.8, 4) is 22.3 Å². The smallest absolute Gasteiger partial charge is 0.137 e. The Labute approximate surface area is 124 Å². The van der Waals surface area contributed by atoms with Crippen LogP contribution in [0.2, 0.25) is 0 Å². The highest BCUT2D eigenvalue weighted by Crippen LogP contribution is 2.31. The van der Waals surface area contributed by atoms with Crippen molar-refractivity contribution in [3.63, 3.8) is 0 Å². The van der Waals surface area contributed by atoms with Gasteiger partial charge in [-0.1, -0.05) is 0 Å². The van der Waals surface area contributed by atoms with Crippen LogP contribution in [-0.4, -0.2) is 9.97 Å². The van der Waals surface area contributed by atoms with Gasteiger partial charge in [0.15, 0.2) is 0 Å². The fourth-order valence-corrected chi connectivity index (χ4v) is 2.54. The Morgan fingerprint density at radius 2 is 1.77 bits per heavy atom. The third-order valence-electron chi connectivity index (χ3n) is 3.56. The topological polar surface area (TPSA) is 41.8 Å². The molecular weight excluding hydrogens is 286 g/mol. The standard InChI is InChI=1S/C17H10F2N2O/c18-13-3-11(4-14(19)6-13)12-5-15-16(10-1-2-22-9-10)8-21-17(15)20-7-12/h1-9H,(H,20,21). The predicted molar refractivity (Wildman–Crippen MR) is 79.1 cm³/mol. The molecule has 1 N–H and O–H groups in total. The van der Waals surface area contributed by atoms with Crippen molar-refractivity contribution < 1.29 is 13.2 Å². The van der Waals surface area contributed by atoms with E-state index < -0.39 is 11.6 Å². The first-order valence-electron chi connectivity index (χ1n) is 6.67. The predicted octanol–water partition coefficient (Wildman–Crippen LogP) is 4.77. The van der Waals surface area contributed by atoms with Crippen molar-refractivity contribution in [2.45, 2.75) is 0 Å². The number of hydrogen-bond donors (Lipinski definition) is 1. The molecule has 0 spiro atoms. The minimum atomic E-state index is -0.612. The molecule has 4 aromatic rings. The summed E-state index contributed by atoms with van der Waals surface area (Å²) in [6.07, 6.45) is 6.65. The van der Waals surface area contributed by atoms with Crippen LogP contribution >= 0.6 is 0 Å². The lowest BCUT2D eigenvalue weighted by Crippen LogP contribution is -1.86. The number of nitrogens with zero attached hydrogens (tertiary/aromatic N) is 1. The van der Waals surface area contributed by atoms with Crippen LogP contribution in [-0.2, 0) is 0 Å². The van der Waals surface area contributed by atoms with Crippen molar-refractivity contribution in [1.29, 1.82) is 0 Å². The zero-order valence-electron chi connectivity index (χ0n) is 11.3. The van der Waals surface area contributed by atoms with Crippen LogP contribution in [0.15, 0.2) is 59.7 Å². The summed E-state index contributed by atoms with van der Waals surface area (Å²) in [7, 11) is 0. The van der Waals surface area contributed by atoms with Gasteiger partial charge in [-0.3, -0.25) is 0 Å². The van der Waals surface area contributed by atoms with Crippen LogP contribution < -0.4 is 0 Å². The molecule has 3 heterocycles. The largest absolute Gasteiger partial charge is 0.472 e. The molecule has 1 aromatic carbocycles. The summed E-state index contributed by atoms with van der Waals surface area (Å²) in [4.78, 5) is 7.39. The lowest BCUT2D eigenvalue weighted by molar-refractivity contribution is 0.568. The monoisotopic (exact) mass is 296 g/mol. The first-order valence-corrected chi connectivity index (χ1v) is 6.67. The van der Waals surface area contributed by atoms with Crippen molar-refractivity contribution in [2.24, 2.45) is 0 Å². The van der Waals surface area contributed by atoms with Gasteiger partial charge in [-0.25, -0.2) is 13.8 Å². The molecule has 0 unspecified atom stereocenters. The number of hydrogen-bond acceptors (Lipinski definition) is 2. The van der Waals surface area contributed by atoms with E-state index >= 15 is 0 Å². The van der Waals surface area contributed by atoms with Crippen LogP contribution in [0.3, 0.4) is 0 Å². The van der Waals surface area contributed by atoms with Gasteiger partial charge in [0.1, 0.15) is 17.3 Å². The first kappa shape index (κ1) is 12.8. The summed E-state index contributed by atoms with van der Waals surface area (Å²) in [6.45, 7) is 0. The van der Waals surface area contributed by atoms with Gasteiger partial charge in [0, 0.05) is 40.5 Å². The Kier molecular flexibility index (Phi) is 2.79. The summed E-state index contributed by atoms with van der Waals surface area (Å²) >= 11 is 0. The summed E-state index contributed by atoms with van der Waals surface area (Å²) in [6, 6.07) is 7.13. The van der Waals surface area contributed by atoms with Gasteiger partial charge < -0.3 is 9.40 Å². The molecule has 0 aliphatic carbocycles. The van der Waals surface area contributed by atoms with Gasteiger partial charge in [0.2, 0.25) is 0 Å². The van der Waals surface area contributed by atoms with Gasteiger partial charge in [0.25, 0.3) is 0 Å². The zero-order chi connectivity index (χ0) is 15.1. The molecule has 0 saturated carbocycles. The minimum Gasteiger partial charge on any atom is -0.472 e. The van der Waals surface area contributed by atoms with E-state index in [0.717, 1.165) is 22.6 Å². The van der Waals surface area contributed by atoms with E-state index in [1.54, 1.807) is 18.7 Å². The Bertz CT molecular complexity index is 938. The van der Waals surface area contributed by atoms with Crippen LogP contribution in [0.1, 0.15) is 0 Å². The van der Waals surface area contributed by atoms with Gasteiger partial charge in [0.05, 0.1) is 12.5 Å². The average molecular weight is 296 g/mol. The van der Waals surface area contributed by atoms with E-state index in [1.165, 1.54) is 12.1 Å². The maximum absolute atomic E-state index is 13.4. The van der Waals surface area contributed by atoms with E-state index in [-0.39, 0.29) is 0 Å². The quantitative estimate of drug-likeness (QED) is 0.579. The van der Waals surface area contributed by atoms with Gasteiger partial charge in [-0.15, -0.1) is 0 Å². The Hall–Kier alpha value is -2.95. The second-order valence-corrected chi connectivity index (χ2v) is 4.99. The van der Waals surface area contributed by atoms with E-state index in [9.17, 15) is 8.78 Å². The molecule has 22 heavy (non-hydrogen) atoms. The van der Waals surface area contributed by atoms with Crippen molar-refractivity contribution in [2.75, 3.05) is 0 Å². The molecule has 0 aliphatic heterocycles. The van der Waals surface area contributed by atoms with Crippen LogP contribution in [0.5, 0.6) is 0 Å². The van der Waals surface area contributed by atoms with E-state index in [1.807, 2.05) is 18.3 Å². The number of halogens is 2. The highest BCUT2D eigenvalue weighted by molar-refractivity contribution is 5.95. The zero-order valence-corrected chi connectivity index (χ0v) is 11.3. The minimum absolute atomic E-state index is 0.450. The third-order valence-corrected chi connectivity index (χ3v) is 3.56. The number of rotatable bonds is 2. The molecule has 0 amide bonds. The Balaban J connectivity index is 1.91. The van der Waals surface area contributed by atoms with Gasteiger partial charge >= 0.3 is 0 Å². The number of H-pyrrole nitrogens is 1. The molecule has 0 aliphatic rings. The fraction of sp³-hybridized carbons (Fsp3) is 0. The van der Waals surface area contributed by atoms with Gasteiger partial charge in [-0.2, -0.15) is 0 Å². The third kappa shape index (κ3) is 2.07. The summed E-state index contributed by atoms with van der Waals surface area (Å²) in [5, 5.41) is 0.864. The first-order chi connectivity index (χ1) is 10.7. The number of pyridine rings is 1. The second-order valence-electron chi connectivity index (χ2n) is 4.99. The molecule has 0 atom stereocenters. The number of nitrogens with one attached hydrogen (secondary N) is 1. The number of aromatic amines is 1. The molecule has 0 saturated heterocycles. The van der Waals surface area contributed by atoms with E-state index in [0.29, 0.717) is 16.8 Å². The summed E-state index contributed by atoms with van der Waals surface area (Å²) < 4.78 is 31.9. The molecule has 108 valence electrons. The Morgan fingerprint density at radius 1 is 0.955 bits per heavy atom. The summed E-state index contributed by atoms with van der Waals surface area (Å²) in [5.41, 5.74) is 3.64.